The van der Waals surface area contributed by atoms with Crippen molar-refractivity contribution in [1.82, 2.24) is 4.98 Å². The van der Waals surface area contributed by atoms with Crippen LogP contribution in [0.25, 0.3) is 0 Å². The number of aryl methyl sites for hydroxylation is 2. The summed E-state index contributed by atoms with van der Waals surface area (Å²) < 4.78 is 5.27. The molecule has 0 aromatic carbocycles. The number of ether oxygens (including phenoxy) is 1. The Morgan fingerprint density at radius 3 is 3.07 bits per heavy atom. The zero-order valence-corrected chi connectivity index (χ0v) is 9.12. The fourth-order valence-electron chi connectivity index (χ4n) is 2.03. The summed E-state index contributed by atoms with van der Waals surface area (Å²) in [6.45, 7) is 3.41. The molecule has 1 atom stereocenters. The lowest BCUT2D eigenvalue weighted by Crippen LogP contribution is -2.17. The first kappa shape index (κ1) is 10.1. The summed E-state index contributed by atoms with van der Waals surface area (Å²) in [4.78, 5) is 15.4. The van der Waals surface area contributed by atoms with Crippen LogP contribution in [0, 0.1) is 6.92 Å². The Kier molecular flexibility index (Phi) is 2.71. The third-order valence-corrected chi connectivity index (χ3v) is 2.68. The molecule has 1 aromatic heterocycles. The molecule has 80 valence electrons. The molecule has 0 N–H and O–H groups in total. The maximum atomic E-state index is 11.0. The van der Waals surface area contributed by atoms with Crippen LogP contribution in [0.2, 0.25) is 0 Å². The molecule has 3 heteroatoms. The molecule has 1 aliphatic carbocycles. The molecule has 0 amide bonds. The van der Waals surface area contributed by atoms with Gasteiger partial charge in [-0.1, -0.05) is 6.07 Å². The first-order chi connectivity index (χ1) is 7.16. The smallest absolute Gasteiger partial charge is 0.303 e. The molecular weight excluding hydrogens is 190 g/mol. The zero-order chi connectivity index (χ0) is 10.8. The van der Waals surface area contributed by atoms with Crippen LogP contribution in [-0.4, -0.2) is 11.0 Å². The molecule has 0 saturated heterocycles. The highest BCUT2D eigenvalue weighted by molar-refractivity contribution is 5.66. The van der Waals surface area contributed by atoms with Crippen LogP contribution in [0.5, 0.6) is 0 Å². The number of rotatable bonds is 1. The van der Waals surface area contributed by atoms with Crippen molar-refractivity contribution in [3.63, 3.8) is 0 Å². The Labute approximate surface area is 89.5 Å². The molecule has 3 nitrogen and oxygen atoms in total. The molecule has 0 bridgehead atoms. The van der Waals surface area contributed by atoms with E-state index in [1.807, 2.05) is 13.0 Å². The topological polar surface area (TPSA) is 39.2 Å². The lowest BCUT2D eigenvalue weighted by molar-refractivity contribution is -0.147. The van der Waals surface area contributed by atoms with Crippen molar-refractivity contribution >= 4 is 5.97 Å². The molecule has 1 aliphatic rings. The van der Waals surface area contributed by atoms with E-state index in [4.69, 9.17) is 4.74 Å². The van der Waals surface area contributed by atoms with Crippen LogP contribution < -0.4 is 0 Å². The predicted molar refractivity (Wildman–Crippen MR) is 56.4 cm³/mol. The van der Waals surface area contributed by atoms with E-state index >= 15 is 0 Å². The van der Waals surface area contributed by atoms with Crippen molar-refractivity contribution in [1.29, 1.82) is 0 Å². The van der Waals surface area contributed by atoms with Gasteiger partial charge < -0.3 is 4.74 Å². The van der Waals surface area contributed by atoms with E-state index in [-0.39, 0.29) is 12.1 Å². The zero-order valence-electron chi connectivity index (χ0n) is 9.12. The van der Waals surface area contributed by atoms with E-state index in [0.717, 1.165) is 30.7 Å². The summed E-state index contributed by atoms with van der Waals surface area (Å²) in [5, 5.41) is 0. The van der Waals surface area contributed by atoms with Gasteiger partial charge in [0.25, 0.3) is 0 Å². The lowest BCUT2D eigenvalue weighted by atomic mass is 9.93. The Morgan fingerprint density at radius 2 is 2.33 bits per heavy atom. The standard InChI is InChI=1S/C12H15NO2/c1-8-6-7-10-4-3-5-11(12(10)13-8)15-9(2)14/h6-7,11H,3-5H2,1-2H3. The van der Waals surface area contributed by atoms with Crippen molar-refractivity contribution in [2.24, 2.45) is 0 Å². The van der Waals surface area contributed by atoms with E-state index in [0.29, 0.717) is 0 Å². The quantitative estimate of drug-likeness (QED) is 0.660. The van der Waals surface area contributed by atoms with Crippen molar-refractivity contribution < 1.29 is 9.53 Å². The van der Waals surface area contributed by atoms with Crippen molar-refractivity contribution in [2.75, 3.05) is 0 Å². The van der Waals surface area contributed by atoms with Gasteiger partial charge in [-0.3, -0.25) is 9.78 Å². The molecule has 1 aromatic rings. The van der Waals surface area contributed by atoms with Gasteiger partial charge in [0.05, 0.1) is 5.69 Å². The van der Waals surface area contributed by atoms with Gasteiger partial charge in [-0.25, -0.2) is 0 Å². The van der Waals surface area contributed by atoms with Gasteiger partial charge in [0.2, 0.25) is 0 Å². The van der Waals surface area contributed by atoms with Gasteiger partial charge in [-0.05, 0) is 37.8 Å². The summed E-state index contributed by atoms with van der Waals surface area (Å²) >= 11 is 0. The highest BCUT2D eigenvalue weighted by atomic mass is 16.5. The second kappa shape index (κ2) is 4.01. The molecule has 1 unspecified atom stereocenters. The molecule has 1 heterocycles. The first-order valence-corrected chi connectivity index (χ1v) is 5.30. The molecule has 0 radical (unpaired) electrons. The molecule has 0 aliphatic heterocycles. The van der Waals surface area contributed by atoms with Gasteiger partial charge in [0.15, 0.2) is 0 Å². The number of carbonyl (C=O) groups is 1. The van der Waals surface area contributed by atoms with Gasteiger partial charge >= 0.3 is 5.97 Å². The Hall–Kier alpha value is -1.38. The third-order valence-electron chi connectivity index (χ3n) is 2.68. The normalized spacial score (nSPS) is 19.5. The van der Waals surface area contributed by atoms with Crippen molar-refractivity contribution in [3.8, 4) is 0 Å². The van der Waals surface area contributed by atoms with E-state index < -0.39 is 0 Å². The molecule has 0 spiro atoms. The number of hydrogen-bond donors (Lipinski definition) is 0. The molecule has 15 heavy (non-hydrogen) atoms. The summed E-state index contributed by atoms with van der Waals surface area (Å²) in [5.41, 5.74) is 3.15. The maximum absolute atomic E-state index is 11.0. The largest absolute Gasteiger partial charge is 0.456 e. The number of pyridine rings is 1. The van der Waals surface area contributed by atoms with Gasteiger partial charge in [-0.2, -0.15) is 0 Å². The lowest BCUT2D eigenvalue weighted by Gasteiger charge is -2.24. The molecule has 0 saturated carbocycles. The highest BCUT2D eigenvalue weighted by Gasteiger charge is 2.23. The van der Waals surface area contributed by atoms with E-state index in [1.165, 1.54) is 12.5 Å². The third kappa shape index (κ3) is 2.17. The average Bonchev–Trinajstić information content (AvgIpc) is 2.18. The van der Waals surface area contributed by atoms with Crippen LogP contribution in [-0.2, 0) is 16.0 Å². The van der Waals surface area contributed by atoms with Gasteiger partial charge in [0.1, 0.15) is 6.10 Å². The monoisotopic (exact) mass is 205 g/mol. The minimum absolute atomic E-state index is 0.133. The predicted octanol–water partition coefficient (Wildman–Crippen LogP) is 2.33. The van der Waals surface area contributed by atoms with Crippen LogP contribution in [0.1, 0.15) is 42.8 Å². The van der Waals surface area contributed by atoms with E-state index in [9.17, 15) is 4.79 Å². The molecule has 2 rings (SSSR count). The van der Waals surface area contributed by atoms with Gasteiger partial charge in [-0.15, -0.1) is 0 Å². The number of aromatic nitrogens is 1. The van der Waals surface area contributed by atoms with Crippen LogP contribution in [0.15, 0.2) is 12.1 Å². The van der Waals surface area contributed by atoms with Crippen molar-refractivity contribution in [3.05, 3.63) is 29.1 Å². The summed E-state index contributed by atoms with van der Waals surface area (Å²) in [5.74, 6) is -0.226. The van der Waals surface area contributed by atoms with Crippen molar-refractivity contribution in [2.45, 2.75) is 39.2 Å². The minimum atomic E-state index is -0.226. The van der Waals surface area contributed by atoms with Crippen LogP contribution >= 0.6 is 0 Å². The average molecular weight is 205 g/mol. The van der Waals surface area contributed by atoms with Crippen LogP contribution in [0.3, 0.4) is 0 Å². The minimum Gasteiger partial charge on any atom is -0.456 e. The first-order valence-electron chi connectivity index (χ1n) is 5.30. The number of nitrogens with zero attached hydrogens (tertiary/aromatic N) is 1. The Balaban J connectivity index is 2.32. The Morgan fingerprint density at radius 1 is 1.53 bits per heavy atom. The summed E-state index contributed by atoms with van der Waals surface area (Å²) in [6.07, 6.45) is 2.87. The second-order valence-corrected chi connectivity index (χ2v) is 3.99. The highest BCUT2D eigenvalue weighted by Crippen LogP contribution is 2.31. The summed E-state index contributed by atoms with van der Waals surface area (Å²) in [6, 6.07) is 4.10. The number of carbonyl (C=O) groups excluding carboxylic acids is 1. The number of hydrogen-bond acceptors (Lipinski definition) is 3. The number of fused-ring (bicyclic) bond motifs is 1. The maximum Gasteiger partial charge on any atom is 0.303 e. The van der Waals surface area contributed by atoms with Gasteiger partial charge in [0, 0.05) is 12.6 Å². The molecule has 0 fully saturated rings. The fourth-order valence-corrected chi connectivity index (χ4v) is 2.03. The Bertz CT molecular complexity index is 387. The second-order valence-electron chi connectivity index (χ2n) is 3.99. The summed E-state index contributed by atoms with van der Waals surface area (Å²) in [7, 11) is 0. The molecular formula is C12H15NO2. The van der Waals surface area contributed by atoms with E-state index in [2.05, 4.69) is 11.1 Å². The van der Waals surface area contributed by atoms with Crippen LogP contribution in [0.4, 0.5) is 0 Å². The number of esters is 1. The van der Waals surface area contributed by atoms with E-state index in [1.54, 1.807) is 0 Å². The SMILES string of the molecule is CC(=O)OC1CCCc2ccc(C)nc21. The fraction of sp³-hybridized carbons (Fsp3) is 0.500.